The standard InChI is InChI=1S/C23H21ClF3N3O4/c1-4-33-19(31)11-18-21-28-29-22(23(25,26)27)30(21)16-9-8-13(24)10-15(16)20(34-18)14-6-5-7-17(32-3)12(14)2/h5-10,18,20H,4,11H2,1-3H3/t18-,20-/m1/s1. The summed E-state index contributed by atoms with van der Waals surface area (Å²) in [4.78, 5) is 12.4. The molecule has 1 aromatic heterocycles. The molecule has 0 amide bonds. The first kappa shape index (κ1) is 24.0. The highest BCUT2D eigenvalue weighted by atomic mass is 35.5. The molecule has 0 unspecified atom stereocenters. The van der Waals surface area contributed by atoms with Gasteiger partial charge in [0.1, 0.15) is 18.0 Å². The first-order valence-corrected chi connectivity index (χ1v) is 10.8. The van der Waals surface area contributed by atoms with Crippen LogP contribution in [0.2, 0.25) is 5.02 Å². The number of nitrogens with zero attached hydrogens (tertiary/aromatic N) is 3. The molecule has 2 heterocycles. The van der Waals surface area contributed by atoms with Gasteiger partial charge in [-0.25, -0.2) is 0 Å². The summed E-state index contributed by atoms with van der Waals surface area (Å²) in [6.45, 7) is 3.56. The van der Waals surface area contributed by atoms with Crippen molar-refractivity contribution < 1.29 is 32.2 Å². The number of ether oxygens (including phenoxy) is 3. The molecule has 0 radical (unpaired) electrons. The van der Waals surface area contributed by atoms with E-state index in [1.54, 1.807) is 25.1 Å². The monoisotopic (exact) mass is 495 g/mol. The minimum Gasteiger partial charge on any atom is -0.496 e. The molecule has 0 aliphatic carbocycles. The van der Waals surface area contributed by atoms with Crippen molar-refractivity contribution in [3.8, 4) is 11.4 Å². The smallest absolute Gasteiger partial charge is 0.452 e. The van der Waals surface area contributed by atoms with Crippen molar-refractivity contribution in [2.45, 2.75) is 38.7 Å². The fourth-order valence-electron chi connectivity index (χ4n) is 4.05. The van der Waals surface area contributed by atoms with Crippen LogP contribution in [0.3, 0.4) is 0 Å². The maximum absolute atomic E-state index is 13.9. The van der Waals surface area contributed by atoms with Crippen LogP contribution in [0.5, 0.6) is 5.75 Å². The average molecular weight is 496 g/mol. The number of hydrogen-bond donors (Lipinski definition) is 0. The zero-order valence-corrected chi connectivity index (χ0v) is 19.3. The van der Waals surface area contributed by atoms with Crippen LogP contribution >= 0.6 is 11.6 Å². The first-order chi connectivity index (χ1) is 16.2. The second-order valence-electron chi connectivity index (χ2n) is 7.61. The Hall–Kier alpha value is -3.11. The molecular weight excluding hydrogens is 475 g/mol. The summed E-state index contributed by atoms with van der Waals surface area (Å²) in [5, 5.41) is 7.47. The molecule has 0 spiro atoms. The van der Waals surface area contributed by atoms with Crippen molar-refractivity contribution in [2.75, 3.05) is 13.7 Å². The van der Waals surface area contributed by atoms with E-state index in [1.165, 1.54) is 25.3 Å². The second-order valence-corrected chi connectivity index (χ2v) is 8.04. The Morgan fingerprint density at radius 2 is 1.97 bits per heavy atom. The summed E-state index contributed by atoms with van der Waals surface area (Å²) in [5.74, 6) is -1.45. The van der Waals surface area contributed by atoms with E-state index in [0.717, 1.165) is 10.1 Å². The fourth-order valence-corrected chi connectivity index (χ4v) is 4.23. The molecule has 34 heavy (non-hydrogen) atoms. The third-order valence-electron chi connectivity index (χ3n) is 5.53. The zero-order valence-electron chi connectivity index (χ0n) is 18.5. The van der Waals surface area contributed by atoms with Gasteiger partial charge in [0.15, 0.2) is 5.82 Å². The van der Waals surface area contributed by atoms with E-state index in [0.29, 0.717) is 21.9 Å². The number of carbonyl (C=O) groups excluding carboxylic acids is 1. The highest BCUT2D eigenvalue weighted by molar-refractivity contribution is 6.30. The van der Waals surface area contributed by atoms with Gasteiger partial charge < -0.3 is 14.2 Å². The Morgan fingerprint density at radius 1 is 1.21 bits per heavy atom. The summed E-state index contributed by atoms with van der Waals surface area (Å²) in [6.07, 6.45) is -7.22. The molecule has 180 valence electrons. The molecular formula is C23H21ClF3N3O4. The molecule has 4 rings (SSSR count). The number of rotatable bonds is 5. The normalized spacial score (nSPS) is 17.5. The molecule has 0 saturated heterocycles. The maximum Gasteiger partial charge on any atom is 0.452 e. The van der Waals surface area contributed by atoms with E-state index < -0.39 is 30.2 Å². The topological polar surface area (TPSA) is 75.5 Å². The number of fused-ring (bicyclic) bond motifs is 3. The van der Waals surface area contributed by atoms with Gasteiger partial charge in [-0.1, -0.05) is 23.7 Å². The third kappa shape index (κ3) is 4.35. The third-order valence-corrected chi connectivity index (χ3v) is 5.76. The van der Waals surface area contributed by atoms with E-state index in [-0.39, 0.29) is 24.5 Å². The zero-order chi connectivity index (χ0) is 24.6. The van der Waals surface area contributed by atoms with E-state index in [4.69, 9.17) is 25.8 Å². The van der Waals surface area contributed by atoms with Gasteiger partial charge in [-0.15, -0.1) is 10.2 Å². The summed E-state index contributed by atoms with van der Waals surface area (Å²) in [5.41, 5.74) is 1.88. The molecule has 1 aliphatic heterocycles. The van der Waals surface area contributed by atoms with Crippen LogP contribution in [0.4, 0.5) is 13.2 Å². The molecule has 2 aromatic carbocycles. The van der Waals surface area contributed by atoms with E-state index in [2.05, 4.69) is 10.2 Å². The predicted octanol–water partition coefficient (Wildman–Crippen LogP) is 5.37. The summed E-state index contributed by atoms with van der Waals surface area (Å²) >= 11 is 6.26. The minimum absolute atomic E-state index is 0.111. The van der Waals surface area contributed by atoms with Crippen LogP contribution in [0.25, 0.3) is 5.69 Å². The van der Waals surface area contributed by atoms with Crippen LogP contribution < -0.4 is 4.74 Å². The van der Waals surface area contributed by atoms with Gasteiger partial charge in [-0.3, -0.25) is 9.36 Å². The average Bonchev–Trinajstić information content (AvgIpc) is 3.18. The van der Waals surface area contributed by atoms with Gasteiger partial charge in [0.2, 0.25) is 5.82 Å². The highest BCUT2D eigenvalue weighted by Gasteiger charge is 2.43. The lowest BCUT2D eigenvalue weighted by Gasteiger charge is -2.24. The molecule has 7 nitrogen and oxygen atoms in total. The SMILES string of the molecule is CCOC(=O)C[C@H]1O[C@H](c2cccc(OC)c2C)c2cc(Cl)ccc2-n2c1nnc2C(F)(F)F. The Labute approximate surface area is 198 Å². The first-order valence-electron chi connectivity index (χ1n) is 10.4. The lowest BCUT2D eigenvalue weighted by atomic mass is 9.95. The fraction of sp³-hybridized carbons (Fsp3) is 0.348. The van der Waals surface area contributed by atoms with Gasteiger partial charge in [-0.2, -0.15) is 13.2 Å². The number of aromatic nitrogens is 3. The molecule has 0 saturated carbocycles. The van der Waals surface area contributed by atoms with Gasteiger partial charge in [0.05, 0.1) is 25.8 Å². The molecule has 0 bridgehead atoms. The minimum atomic E-state index is -4.80. The number of hydrogen-bond acceptors (Lipinski definition) is 6. The van der Waals surface area contributed by atoms with Crippen molar-refractivity contribution in [3.05, 3.63) is 69.8 Å². The number of halogens is 4. The second kappa shape index (κ2) is 9.27. The van der Waals surface area contributed by atoms with Crippen molar-refractivity contribution in [3.63, 3.8) is 0 Å². The Balaban J connectivity index is 1.98. The Kier molecular flexibility index (Phi) is 6.55. The van der Waals surface area contributed by atoms with E-state index >= 15 is 0 Å². The molecule has 1 aliphatic rings. The predicted molar refractivity (Wildman–Crippen MR) is 116 cm³/mol. The number of benzene rings is 2. The number of alkyl halides is 3. The van der Waals surface area contributed by atoms with Crippen LogP contribution in [0, 0.1) is 6.92 Å². The number of esters is 1. The lowest BCUT2D eigenvalue weighted by molar-refractivity contribution is -0.147. The molecule has 0 fully saturated rings. The molecule has 0 N–H and O–H groups in total. The Bertz CT molecular complexity index is 1230. The van der Waals surface area contributed by atoms with E-state index in [9.17, 15) is 18.0 Å². The highest BCUT2D eigenvalue weighted by Crippen LogP contribution is 2.45. The van der Waals surface area contributed by atoms with Crippen molar-refractivity contribution >= 4 is 17.6 Å². The summed E-state index contributed by atoms with van der Waals surface area (Å²) < 4.78 is 59.4. The molecule has 11 heteroatoms. The summed E-state index contributed by atoms with van der Waals surface area (Å²) in [6, 6.07) is 9.77. The van der Waals surface area contributed by atoms with Crippen LogP contribution in [0.1, 0.15) is 53.9 Å². The summed E-state index contributed by atoms with van der Waals surface area (Å²) in [7, 11) is 1.52. The number of methoxy groups -OCH3 is 1. The van der Waals surface area contributed by atoms with Gasteiger partial charge in [-0.05, 0) is 49.2 Å². The van der Waals surface area contributed by atoms with Crippen LogP contribution in [-0.2, 0) is 20.4 Å². The van der Waals surface area contributed by atoms with Gasteiger partial charge >= 0.3 is 12.1 Å². The van der Waals surface area contributed by atoms with Gasteiger partial charge in [0, 0.05) is 10.6 Å². The quantitative estimate of drug-likeness (QED) is 0.443. The molecule has 3 aromatic rings. The van der Waals surface area contributed by atoms with Gasteiger partial charge in [0.25, 0.3) is 0 Å². The Morgan fingerprint density at radius 3 is 2.65 bits per heavy atom. The van der Waals surface area contributed by atoms with Crippen molar-refractivity contribution in [1.29, 1.82) is 0 Å². The maximum atomic E-state index is 13.9. The van der Waals surface area contributed by atoms with Crippen molar-refractivity contribution in [2.24, 2.45) is 0 Å². The largest absolute Gasteiger partial charge is 0.496 e. The van der Waals surface area contributed by atoms with E-state index in [1.807, 2.05) is 6.92 Å². The lowest BCUT2D eigenvalue weighted by Crippen LogP contribution is -2.18. The number of carbonyl (C=O) groups is 1. The molecule has 2 atom stereocenters. The van der Waals surface area contributed by atoms with Crippen LogP contribution in [0.15, 0.2) is 36.4 Å². The van der Waals surface area contributed by atoms with Crippen LogP contribution in [-0.4, -0.2) is 34.5 Å². The van der Waals surface area contributed by atoms with Crippen molar-refractivity contribution in [1.82, 2.24) is 14.8 Å².